The van der Waals surface area contributed by atoms with E-state index in [4.69, 9.17) is 0 Å². The maximum atomic E-state index is 12.8. The number of nitrogens with zero attached hydrogens (tertiary/aromatic N) is 3. The third-order valence-corrected chi connectivity index (χ3v) is 7.51. The summed E-state index contributed by atoms with van der Waals surface area (Å²) in [6, 6.07) is 22.9. The number of aryl methyl sites for hydroxylation is 1. The fourth-order valence-corrected chi connectivity index (χ4v) is 5.63. The van der Waals surface area contributed by atoms with Crippen LogP contribution in [0.15, 0.2) is 77.3 Å². The number of rotatable bonds is 7. The molecular weight excluding hydrogens is 436 g/mol. The first-order chi connectivity index (χ1) is 15.8. The second-order valence-corrected chi connectivity index (χ2v) is 9.75. The summed E-state index contributed by atoms with van der Waals surface area (Å²) in [5.74, 6) is 1.19. The van der Waals surface area contributed by atoms with Gasteiger partial charge in [0.25, 0.3) is 0 Å². The lowest BCUT2D eigenvalue weighted by atomic mass is 9.88. The van der Waals surface area contributed by atoms with E-state index in [1.54, 1.807) is 11.3 Å². The Bertz CT molecular complexity index is 1190. The van der Waals surface area contributed by atoms with Gasteiger partial charge in [0, 0.05) is 0 Å². The summed E-state index contributed by atoms with van der Waals surface area (Å²) in [5, 5.41) is 14.9. The molecule has 1 N–H and O–H groups in total. The average Bonchev–Trinajstić information content (AvgIpc) is 3.49. The number of hydrogen-bond acceptors (Lipinski definition) is 5. The molecule has 2 aromatic heterocycles. The molecule has 1 aliphatic rings. The molecule has 1 atom stereocenters. The number of fused-ring (bicyclic) bond motifs is 1. The molecule has 5 rings (SSSR count). The van der Waals surface area contributed by atoms with Gasteiger partial charge in [-0.3, -0.25) is 9.36 Å². The molecule has 2 heterocycles. The highest BCUT2D eigenvalue weighted by Gasteiger charge is 2.22. The Morgan fingerprint density at radius 1 is 1.06 bits per heavy atom. The Balaban J connectivity index is 1.31. The van der Waals surface area contributed by atoms with Gasteiger partial charge in [0.15, 0.2) is 11.0 Å². The van der Waals surface area contributed by atoms with Crippen molar-refractivity contribution in [3.63, 3.8) is 0 Å². The van der Waals surface area contributed by atoms with Crippen LogP contribution < -0.4 is 5.32 Å². The molecule has 0 spiro atoms. The summed E-state index contributed by atoms with van der Waals surface area (Å²) in [6.07, 6.45) is 3.18. The van der Waals surface area contributed by atoms with E-state index < -0.39 is 0 Å². The highest BCUT2D eigenvalue weighted by Crippen LogP contribution is 2.30. The number of carbonyl (C=O) groups excluding carboxylic acids is 1. The van der Waals surface area contributed by atoms with Crippen LogP contribution in [-0.2, 0) is 17.8 Å². The smallest absolute Gasteiger partial charge is 0.230 e. The first-order valence-corrected chi connectivity index (χ1v) is 12.7. The van der Waals surface area contributed by atoms with Crippen molar-refractivity contribution in [2.24, 2.45) is 0 Å². The van der Waals surface area contributed by atoms with Gasteiger partial charge in [0.2, 0.25) is 5.91 Å². The maximum absolute atomic E-state index is 12.8. The molecule has 0 fully saturated rings. The van der Waals surface area contributed by atoms with E-state index in [-0.39, 0.29) is 11.9 Å². The number of benzene rings is 2. The van der Waals surface area contributed by atoms with E-state index >= 15 is 0 Å². The van der Waals surface area contributed by atoms with Crippen molar-refractivity contribution in [3.8, 4) is 10.7 Å². The first-order valence-electron chi connectivity index (χ1n) is 10.8. The van der Waals surface area contributed by atoms with Crippen molar-refractivity contribution < 1.29 is 4.79 Å². The average molecular weight is 461 g/mol. The van der Waals surface area contributed by atoms with Crippen LogP contribution in [0.25, 0.3) is 10.7 Å². The van der Waals surface area contributed by atoms with E-state index in [0.29, 0.717) is 12.3 Å². The lowest BCUT2D eigenvalue weighted by molar-refractivity contribution is -0.119. The molecule has 162 valence electrons. The van der Waals surface area contributed by atoms with Crippen molar-refractivity contribution in [3.05, 3.63) is 88.8 Å². The zero-order chi connectivity index (χ0) is 21.8. The Morgan fingerprint density at radius 3 is 2.75 bits per heavy atom. The SMILES string of the molecule is O=C(CSc1nnc(-c2cccs2)n1Cc1ccccc1)N[C@@H]1CCCc2ccccc21. The topological polar surface area (TPSA) is 59.8 Å². The van der Waals surface area contributed by atoms with Crippen molar-refractivity contribution in [1.29, 1.82) is 0 Å². The summed E-state index contributed by atoms with van der Waals surface area (Å²) < 4.78 is 2.11. The van der Waals surface area contributed by atoms with Crippen LogP contribution >= 0.6 is 23.1 Å². The molecule has 0 saturated heterocycles. The van der Waals surface area contributed by atoms with E-state index in [2.05, 4.69) is 62.5 Å². The Kier molecular flexibility index (Phi) is 6.36. The largest absolute Gasteiger partial charge is 0.349 e. The number of aromatic nitrogens is 3. The minimum absolute atomic E-state index is 0.0311. The van der Waals surface area contributed by atoms with Gasteiger partial charge >= 0.3 is 0 Å². The maximum Gasteiger partial charge on any atom is 0.230 e. The Hall–Kier alpha value is -2.90. The molecule has 7 heteroatoms. The fraction of sp³-hybridized carbons (Fsp3) is 0.240. The molecule has 2 aromatic carbocycles. The molecule has 0 unspecified atom stereocenters. The molecule has 1 amide bonds. The van der Waals surface area contributed by atoms with E-state index in [1.165, 1.54) is 28.5 Å². The van der Waals surface area contributed by atoms with Crippen molar-refractivity contribution in [2.45, 2.75) is 37.0 Å². The molecule has 5 nitrogen and oxygen atoms in total. The summed E-state index contributed by atoms with van der Waals surface area (Å²) in [5.41, 5.74) is 3.78. The second-order valence-electron chi connectivity index (χ2n) is 7.86. The minimum atomic E-state index is 0.0311. The molecule has 4 aromatic rings. The number of nitrogens with one attached hydrogen (secondary N) is 1. The predicted octanol–water partition coefficient (Wildman–Crippen LogP) is 5.34. The lowest BCUT2D eigenvalue weighted by Crippen LogP contribution is -2.32. The minimum Gasteiger partial charge on any atom is -0.349 e. The summed E-state index contributed by atoms with van der Waals surface area (Å²) in [4.78, 5) is 13.9. The van der Waals surface area contributed by atoms with Gasteiger partial charge in [-0.15, -0.1) is 21.5 Å². The van der Waals surface area contributed by atoms with Crippen LogP contribution in [-0.4, -0.2) is 26.4 Å². The van der Waals surface area contributed by atoms with Crippen molar-refractivity contribution in [2.75, 3.05) is 5.75 Å². The van der Waals surface area contributed by atoms with Crippen LogP contribution in [0.2, 0.25) is 0 Å². The molecule has 0 radical (unpaired) electrons. The van der Waals surface area contributed by atoms with Gasteiger partial charge in [-0.1, -0.05) is 72.4 Å². The van der Waals surface area contributed by atoms with Crippen molar-refractivity contribution in [1.82, 2.24) is 20.1 Å². The highest BCUT2D eigenvalue weighted by molar-refractivity contribution is 7.99. The van der Waals surface area contributed by atoms with Crippen LogP contribution in [0.3, 0.4) is 0 Å². The monoisotopic (exact) mass is 460 g/mol. The Morgan fingerprint density at radius 2 is 1.91 bits per heavy atom. The van der Waals surface area contributed by atoms with E-state index in [9.17, 15) is 4.79 Å². The third-order valence-electron chi connectivity index (χ3n) is 5.68. The number of carbonyl (C=O) groups is 1. The standard InChI is InChI=1S/C25H24N4OS2/c30-23(26-21-13-6-11-19-10-4-5-12-20(19)21)17-32-25-28-27-24(22-14-7-15-31-22)29(25)16-18-8-2-1-3-9-18/h1-5,7-10,12,14-15,21H,6,11,13,16-17H2,(H,26,30)/t21-/m1/s1. The molecule has 32 heavy (non-hydrogen) atoms. The van der Waals surface area contributed by atoms with Crippen LogP contribution in [0, 0.1) is 0 Å². The van der Waals surface area contributed by atoms with Gasteiger partial charge in [-0.05, 0) is 47.4 Å². The van der Waals surface area contributed by atoms with Gasteiger partial charge in [0.1, 0.15) is 0 Å². The van der Waals surface area contributed by atoms with Gasteiger partial charge < -0.3 is 5.32 Å². The first kappa shape index (κ1) is 21.0. The molecule has 0 saturated carbocycles. The highest BCUT2D eigenvalue weighted by atomic mass is 32.2. The molecular formula is C25H24N4OS2. The fourth-order valence-electron chi connectivity index (χ4n) is 4.16. The predicted molar refractivity (Wildman–Crippen MR) is 130 cm³/mol. The second kappa shape index (κ2) is 9.71. The van der Waals surface area contributed by atoms with Gasteiger partial charge in [0.05, 0.1) is 23.2 Å². The molecule has 0 bridgehead atoms. The summed E-state index contributed by atoms with van der Waals surface area (Å²) in [7, 11) is 0. The number of hydrogen-bond donors (Lipinski definition) is 1. The Labute approximate surface area is 195 Å². The summed E-state index contributed by atoms with van der Waals surface area (Å²) in [6.45, 7) is 0.668. The van der Waals surface area contributed by atoms with Crippen LogP contribution in [0.5, 0.6) is 0 Å². The van der Waals surface area contributed by atoms with E-state index in [1.807, 2.05) is 29.6 Å². The normalized spacial score (nSPS) is 15.3. The zero-order valence-electron chi connectivity index (χ0n) is 17.6. The third kappa shape index (κ3) is 4.64. The number of amides is 1. The van der Waals surface area contributed by atoms with Crippen molar-refractivity contribution >= 4 is 29.0 Å². The van der Waals surface area contributed by atoms with Crippen LogP contribution in [0.4, 0.5) is 0 Å². The van der Waals surface area contributed by atoms with Gasteiger partial charge in [-0.2, -0.15) is 0 Å². The molecule has 1 aliphatic carbocycles. The summed E-state index contributed by atoms with van der Waals surface area (Å²) >= 11 is 3.09. The molecule has 0 aliphatic heterocycles. The lowest BCUT2D eigenvalue weighted by Gasteiger charge is -2.26. The zero-order valence-corrected chi connectivity index (χ0v) is 19.2. The quantitative estimate of drug-likeness (QED) is 0.378. The van der Waals surface area contributed by atoms with E-state index in [0.717, 1.165) is 35.1 Å². The van der Waals surface area contributed by atoms with Gasteiger partial charge in [-0.25, -0.2) is 0 Å². The number of thiophene rings is 1. The van der Waals surface area contributed by atoms with Crippen LogP contribution in [0.1, 0.15) is 35.6 Å². The number of thioether (sulfide) groups is 1.